The van der Waals surface area contributed by atoms with Crippen LogP contribution in [0.3, 0.4) is 0 Å². The Hall–Kier alpha value is -1.07. The van der Waals surface area contributed by atoms with E-state index in [-0.39, 0.29) is 12.4 Å². The number of hydrogen-bond acceptors (Lipinski definition) is 5. The minimum Gasteiger partial charge on any atom is -0.379 e. The topological polar surface area (TPSA) is 74.2 Å². The maximum atomic E-state index is 12.8. The molecule has 0 aromatic rings. The molecule has 1 atom stereocenters. The van der Waals surface area contributed by atoms with Crippen LogP contribution in [0.4, 0.5) is 13.2 Å². The maximum Gasteiger partial charge on any atom is 0.403 e. The van der Waals surface area contributed by atoms with Gasteiger partial charge >= 0.3 is 6.18 Å². The van der Waals surface area contributed by atoms with Gasteiger partial charge in [-0.25, -0.2) is 8.42 Å². The second-order valence-corrected chi connectivity index (χ2v) is 8.22. The van der Waals surface area contributed by atoms with Gasteiger partial charge in [0.05, 0.1) is 19.0 Å². The molecule has 25 heavy (non-hydrogen) atoms. The highest BCUT2D eigenvalue weighted by atomic mass is 32.2. The van der Waals surface area contributed by atoms with Gasteiger partial charge in [0.15, 0.2) is 5.96 Å². The molecule has 1 fully saturated rings. The number of sulfone groups is 1. The molecule has 0 aromatic carbocycles. The third kappa shape index (κ3) is 8.23. The zero-order valence-electron chi connectivity index (χ0n) is 14.8. The Labute approximate surface area is 147 Å². The summed E-state index contributed by atoms with van der Waals surface area (Å²) in [5.74, 6) is 0.576. The fourth-order valence-electron chi connectivity index (χ4n) is 2.41. The summed E-state index contributed by atoms with van der Waals surface area (Å²) in [4.78, 5) is 7.44. The van der Waals surface area contributed by atoms with Crippen LogP contribution in [0, 0.1) is 0 Å². The number of hydrogen-bond donors (Lipinski definition) is 1. The highest BCUT2D eigenvalue weighted by molar-refractivity contribution is 7.90. The summed E-state index contributed by atoms with van der Waals surface area (Å²) in [5, 5.41) is 3.07. The molecule has 1 aliphatic heterocycles. The second-order valence-electron chi connectivity index (χ2n) is 5.96. The van der Waals surface area contributed by atoms with Crippen molar-refractivity contribution in [3.8, 4) is 0 Å². The van der Waals surface area contributed by atoms with Gasteiger partial charge in [-0.3, -0.25) is 9.89 Å². The third-order valence-corrected chi connectivity index (χ3v) is 4.88. The van der Waals surface area contributed by atoms with E-state index < -0.39 is 22.1 Å². The molecule has 0 aromatic heterocycles. The van der Waals surface area contributed by atoms with E-state index in [2.05, 4.69) is 10.3 Å². The van der Waals surface area contributed by atoms with Gasteiger partial charge in [0, 0.05) is 46.0 Å². The van der Waals surface area contributed by atoms with Crippen molar-refractivity contribution >= 4 is 15.8 Å². The summed E-state index contributed by atoms with van der Waals surface area (Å²) >= 11 is 0. The van der Waals surface area contributed by atoms with Gasteiger partial charge in [-0.2, -0.15) is 13.2 Å². The predicted octanol–water partition coefficient (Wildman–Crippen LogP) is 0.191. The summed E-state index contributed by atoms with van der Waals surface area (Å²) in [5.41, 5.74) is 0. The molecule has 11 heteroatoms. The van der Waals surface area contributed by atoms with Crippen LogP contribution in [0.15, 0.2) is 4.99 Å². The first kappa shape index (κ1) is 22.0. The standard InChI is InChI=1S/C14H27F3N4O3S/c1-12(14(15,16)17)20-5-7-21(8-6-20)13(18-2)19-4-9-24-10-11-25(3,22)23/h12H,4-11H2,1-3H3,(H,18,19). The first-order chi connectivity index (χ1) is 11.5. The lowest BCUT2D eigenvalue weighted by Gasteiger charge is -2.39. The largest absolute Gasteiger partial charge is 0.403 e. The Morgan fingerprint density at radius 2 is 1.84 bits per heavy atom. The molecule has 0 saturated carbocycles. The summed E-state index contributed by atoms with van der Waals surface area (Å²) in [6, 6.07) is -1.45. The van der Waals surface area contributed by atoms with Gasteiger partial charge in [0.2, 0.25) is 0 Å². The second kappa shape index (κ2) is 9.58. The molecule has 7 nitrogen and oxygen atoms in total. The van der Waals surface area contributed by atoms with Crippen LogP contribution < -0.4 is 5.32 Å². The number of nitrogens with one attached hydrogen (secondary N) is 1. The molecule has 1 N–H and O–H groups in total. The Morgan fingerprint density at radius 3 is 2.32 bits per heavy atom. The van der Waals surface area contributed by atoms with Crippen LogP contribution in [-0.4, -0.2) is 101 Å². The molecule has 1 saturated heterocycles. The van der Waals surface area contributed by atoms with Crippen molar-refractivity contribution in [1.82, 2.24) is 15.1 Å². The van der Waals surface area contributed by atoms with E-state index in [0.717, 1.165) is 6.26 Å². The first-order valence-electron chi connectivity index (χ1n) is 8.06. The van der Waals surface area contributed by atoms with Gasteiger partial charge < -0.3 is 15.0 Å². The summed E-state index contributed by atoms with van der Waals surface area (Å²) in [7, 11) is -1.43. The molecular formula is C14H27F3N4O3S. The summed E-state index contributed by atoms with van der Waals surface area (Å²) in [6.07, 6.45) is -3.07. The van der Waals surface area contributed by atoms with Crippen LogP contribution in [0.1, 0.15) is 6.92 Å². The van der Waals surface area contributed by atoms with E-state index in [1.807, 2.05) is 4.90 Å². The Bertz CT molecular complexity index is 532. The van der Waals surface area contributed by atoms with Gasteiger partial charge in [-0.05, 0) is 6.92 Å². The average molecular weight is 388 g/mol. The van der Waals surface area contributed by atoms with Crippen molar-refractivity contribution in [2.75, 3.05) is 65.0 Å². The average Bonchev–Trinajstić information content (AvgIpc) is 2.52. The lowest BCUT2D eigenvalue weighted by atomic mass is 10.2. The molecule has 148 valence electrons. The minimum absolute atomic E-state index is 0.0267. The predicted molar refractivity (Wildman–Crippen MR) is 90.6 cm³/mol. The number of rotatable bonds is 7. The fourth-order valence-corrected chi connectivity index (χ4v) is 2.83. The lowest BCUT2D eigenvalue weighted by Crippen LogP contribution is -2.57. The number of aliphatic imine (C=N–C) groups is 1. The van der Waals surface area contributed by atoms with Crippen LogP contribution in [0.5, 0.6) is 0 Å². The maximum absolute atomic E-state index is 12.8. The van der Waals surface area contributed by atoms with Gasteiger partial charge in [0.1, 0.15) is 15.9 Å². The molecule has 1 unspecified atom stereocenters. The van der Waals surface area contributed by atoms with Crippen LogP contribution >= 0.6 is 0 Å². The monoisotopic (exact) mass is 388 g/mol. The van der Waals surface area contributed by atoms with E-state index in [1.54, 1.807) is 7.05 Å². The zero-order valence-corrected chi connectivity index (χ0v) is 15.7. The van der Waals surface area contributed by atoms with E-state index >= 15 is 0 Å². The van der Waals surface area contributed by atoms with Crippen LogP contribution in [-0.2, 0) is 14.6 Å². The Morgan fingerprint density at radius 1 is 1.24 bits per heavy atom. The van der Waals surface area contributed by atoms with Gasteiger partial charge in [0.25, 0.3) is 0 Å². The number of piperazine rings is 1. The quantitative estimate of drug-likeness (QED) is 0.381. The third-order valence-electron chi connectivity index (χ3n) is 3.98. The zero-order chi connectivity index (χ0) is 19.1. The van der Waals surface area contributed by atoms with Crippen molar-refractivity contribution in [2.24, 2.45) is 4.99 Å². The molecule has 0 bridgehead atoms. The van der Waals surface area contributed by atoms with Gasteiger partial charge in [-0.1, -0.05) is 0 Å². The highest BCUT2D eigenvalue weighted by Crippen LogP contribution is 2.25. The Balaban J connectivity index is 2.30. The van der Waals surface area contributed by atoms with E-state index in [0.29, 0.717) is 45.3 Å². The minimum atomic E-state index is -4.22. The summed E-state index contributed by atoms with van der Waals surface area (Å²) < 4.78 is 65.4. The van der Waals surface area contributed by atoms with Crippen molar-refractivity contribution in [2.45, 2.75) is 19.1 Å². The van der Waals surface area contributed by atoms with E-state index in [4.69, 9.17) is 4.74 Å². The molecule has 0 radical (unpaired) electrons. The van der Waals surface area contributed by atoms with Crippen LogP contribution in [0.25, 0.3) is 0 Å². The normalized spacial score (nSPS) is 19.1. The first-order valence-corrected chi connectivity index (χ1v) is 10.1. The number of alkyl halides is 3. The number of nitrogens with zero attached hydrogens (tertiary/aromatic N) is 3. The lowest BCUT2D eigenvalue weighted by molar-refractivity contribution is -0.181. The number of guanidine groups is 1. The smallest absolute Gasteiger partial charge is 0.379 e. The van der Waals surface area contributed by atoms with Crippen molar-refractivity contribution in [3.63, 3.8) is 0 Å². The molecule has 1 heterocycles. The highest BCUT2D eigenvalue weighted by Gasteiger charge is 2.41. The molecule has 0 spiro atoms. The van der Waals surface area contributed by atoms with E-state index in [1.165, 1.54) is 11.8 Å². The summed E-state index contributed by atoms with van der Waals surface area (Å²) in [6.45, 7) is 3.60. The van der Waals surface area contributed by atoms with Crippen molar-refractivity contribution in [3.05, 3.63) is 0 Å². The van der Waals surface area contributed by atoms with Gasteiger partial charge in [-0.15, -0.1) is 0 Å². The number of halogens is 3. The fraction of sp³-hybridized carbons (Fsp3) is 0.929. The Kier molecular flexibility index (Phi) is 8.42. The molecule has 1 aliphatic rings. The number of ether oxygens (including phenoxy) is 1. The van der Waals surface area contributed by atoms with Crippen LogP contribution in [0.2, 0.25) is 0 Å². The molecule has 0 aliphatic carbocycles. The SMILES string of the molecule is CN=C(NCCOCCS(C)(=O)=O)N1CCN(C(C)C(F)(F)F)CC1. The molecular weight excluding hydrogens is 361 g/mol. The molecule has 1 rings (SSSR count). The van der Waals surface area contributed by atoms with Crippen molar-refractivity contribution < 1.29 is 26.3 Å². The van der Waals surface area contributed by atoms with Crippen molar-refractivity contribution in [1.29, 1.82) is 0 Å². The molecule has 0 amide bonds. The van der Waals surface area contributed by atoms with E-state index in [9.17, 15) is 21.6 Å².